The first-order chi connectivity index (χ1) is 10.4. The van der Waals surface area contributed by atoms with E-state index >= 15 is 0 Å². The van der Waals surface area contributed by atoms with Gasteiger partial charge in [0, 0.05) is 0 Å². The summed E-state index contributed by atoms with van der Waals surface area (Å²) in [6, 6.07) is 2.01. The van der Waals surface area contributed by atoms with Crippen molar-refractivity contribution in [2.24, 2.45) is 5.16 Å². The molecule has 0 bridgehead atoms. The van der Waals surface area contributed by atoms with Gasteiger partial charge in [0.15, 0.2) is 0 Å². The molecule has 0 heterocycles. The van der Waals surface area contributed by atoms with Crippen LogP contribution in [0.1, 0.15) is 6.92 Å². The van der Waals surface area contributed by atoms with Gasteiger partial charge in [0.1, 0.15) is 6.07 Å². The average molecular weight is 386 g/mol. The molecule has 0 amide bonds. The molecule has 0 aromatic rings. The van der Waals surface area contributed by atoms with Gasteiger partial charge in [-0.3, -0.25) is 4.84 Å². The van der Waals surface area contributed by atoms with Crippen molar-refractivity contribution >= 4 is 25.5 Å². The van der Waals surface area contributed by atoms with Crippen molar-refractivity contribution < 1.29 is 44.1 Å². The molecule has 0 fully saturated rings. The van der Waals surface area contributed by atoms with Crippen LogP contribution in [0.3, 0.4) is 0 Å². The van der Waals surface area contributed by atoms with Crippen LogP contribution < -0.4 is 0 Å². The quantitative estimate of drug-likeness (QED) is 0.142. The fourth-order valence-electron chi connectivity index (χ4n) is 0.953. The average Bonchev–Trinajstić information content (AvgIpc) is 2.29. The van der Waals surface area contributed by atoms with Crippen LogP contribution in [-0.2, 0) is 14.4 Å². The van der Waals surface area contributed by atoms with Gasteiger partial charge in [-0.05, 0) is 6.92 Å². The monoisotopic (exact) mass is 386 g/mol. The SMILES string of the molecule is CCOC(=O)/C(C#N)=N/OC(N(C)C)=[N+](C)C.F[P-](F)(F)(F)(F)F. The van der Waals surface area contributed by atoms with Crippen LogP contribution in [0.25, 0.3) is 0 Å². The number of hydrogen-bond donors (Lipinski definition) is 0. The first kappa shape index (κ1) is 24.2. The summed E-state index contributed by atoms with van der Waals surface area (Å²) < 4.78 is 65.5. The molecule has 142 valence electrons. The number of ether oxygens (including phenoxy) is 1. The van der Waals surface area contributed by atoms with E-state index in [1.165, 1.54) is 0 Å². The van der Waals surface area contributed by atoms with Crippen molar-refractivity contribution in [3.05, 3.63) is 0 Å². The molecule has 14 heteroatoms. The van der Waals surface area contributed by atoms with Crippen LogP contribution in [0, 0.1) is 11.3 Å². The van der Waals surface area contributed by atoms with Gasteiger partial charge >= 0.3 is 45.0 Å². The van der Waals surface area contributed by atoms with Crippen molar-refractivity contribution in [2.75, 3.05) is 34.8 Å². The molecule has 0 radical (unpaired) electrons. The molecule has 0 N–H and O–H groups in total. The van der Waals surface area contributed by atoms with Crippen LogP contribution in [0.15, 0.2) is 5.16 Å². The second-order valence-electron chi connectivity index (χ2n) is 4.39. The van der Waals surface area contributed by atoms with E-state index in [0.717, 1.165) is 0 Å². The third-order valence-corrected chi connectivity index (χ3v) is 1.56. The van der Waals surface area contributed by atoms with E-state index in [9.17, 15) is 30.0 Å². The maximum absolute atomic E-state index is 11.2. The number of amidine groups is 1. The number of nitriles is 1. The number of rotatable bonds is 3. The van der Waals surface area contributed by atoms with E-state index < -0.39 is 19.5 Å². The van der Waals surface area contributed by atoms with Crippen LogP contribution in [-0.4, -0.2) is 62.0 Å². The predicted octanol–water partition coefficient (Wildman–Crippen LogP) is 3.02. The Kier molecular flexibility index (Phi) is 7.71. The molecule has 0 aromatic carbocycles. The molecule has 24 heavy (non-hydrogen) atoms. The summed E-state index contributed by atoms with van der Waals surface area (Å²) in [4.78, 5) is 17.9. The zero-order valence-corrected chi connectivity index (χ0v) is 14.3. The molecule has 0 aliphatic rings. The van der Waals surface area contributed by atoms with Gasteiger partial charge in [-0.2, -0.15) is 5.26 Å². The van der Waals surface area contributed by atoms with E-state index in [2.05, 4.69) is 9.89 Å². The summed E-state index contributed by atoms with van der Waals surface area (Å²) in [5.74, 6) is -0.799. The standard InChI is InChI=1S/C10H17N4O3.F6P/c1-6-16-9(15)8(7-11)12-17-10(13(2)3)14(4)5;1-7(2,3,4,5)6/h6H2,1-5H3;/q+1;-1/b12-8+;. The molecule has 0 rings (SSSR count). The molecule has 0 aliphatic heterocycles. The Balaban J connectivity index is 0. The first-order valence-corrected chi connectivity index (χ1v) is 8.02. The number of hydrogen-bond acceptors (Lipinski definition) is 5. The molecule has 0 aromatic heterocycles. The van der Waals surface area contributed by atoms with E-state index in [0.29, 0.717) is 6.02 Å². The zero-order valence-electron chi connectivity index (χ0n) is 13.4. The number of oxime groups is 1. The minimum absolute atomic E-state index is 0.178. The van der Waals surface area contributed by atoms with Crippen molar-refractivity contribution in [3.63, 3.8) is 0 Å². The molecule has 0 spiro atoms. The van der Waals surface area contributed by atoms with Gasteiger partial charge in [0.05, 0.1) is 34.8 Å². The number of nitrogens with zero attached hydrogens (tertiary/aromatic N) is 4. The summed E-state index contributed by atoms with van der Waals surface area (Å²) >= 11 is 0. The van der Waals surface area contributed by atoms with Crippen LogP contribution >= 0.6 is 7.81 Å². The number of halogens is 6. The van der Waals surface area contributed by atoms with Gasteiger partial charge in [-0.25, -0.2) is 14.3 Å². The summed E-state index contributed by atoms with van der Waals surface area (Å²) in [5, 5.41) is 12.2. The number of esters is 1. The number of carbonyl (C=O) groups excluding carboxylic acids is 1. The first-order valence-electron chi connectivity index (χ1n) is 5.99. The zero-order chi connectivity index (χ0) is 19.8. The van der Waals surface area contributed by atoms with Crippen molar-refractivity contribution in [3.8, 4) is 6.07 Å². The fraction of sp³-hybridized carbons (Fsp3) is 0.600. The Morgan fingerprint density at radius 1 is 1.21 bits per heavy atom. The van der Waals surface area contributed by atoms with Crippen LogP contribution in [0.2, 0.25) is 0 Å². The molecule has 0 unspecified atom stereocenters. The van der Waals surface area contributed by atoms with Gasteiger partial charge < -0.3 is 4.74 Å². The Morgan fingerprint density at radius 3 is 1.88 bits per heavy atom. The summed E-state index contributed by atoms with van der Waals surface area (Å²) in [5.41, 5.74) is -0.423. The van der Waals surface area contributed by atoms with E-state index in [1.54, 1.807) is 50.7 Å². The Hall–Kier alpha value is -2.09. The molecule has 0 aliphatic carbocycles. The van der Waals surface area contributed by atoms with Gasteiger partial charge in [-0.15, -0.1) is 0 Å². The third kappa shape index (κ3) is 18.0. The van der Waals surface area contributed by atoms with Crippen LogP contribution in [0.4, 0.5) is 25.2 Å². The van der Waals surface area contributed by atoms with Crippen molar-refractivity contribution in [1.29, 1.82) is 5.26 Å². The fourth-order valence-corrected chi connectivity index (χ4v) is 0.953. The van der Waals surface area contributed by atoms with Gasteiger partial charge in [0.2, 0.25) is 0 Å². The molecule has 0 atom stereocenters. The van der Waals surface area contributed by atoms with E-state index in [1.807, 2.05) is 0 Å². The van der Waals surface area contributed by atoms with Crippen molar-refractivity contribution in [1.82, 2.24) is 4.90 Å². The van der Waals surface area contributed by atoms with Gasteiger partial charge in [0.25, 0.3) is 5.71 Å². The Labute approximate surface area is 134 Å². The molecule has 0 saturated carbocycles. The van der Waals surface area contributed by atoms with Crippen molar-refractivity contribution in [2.45, 2.75) is 6.92 Å². The minimum atomic E-state index is -10.7. The molecule has 0 saturated heterocycles. The second-order valence-corrected chi connectivity index (χ2v) is 6.31. The Bertz CT molecular complexity index is 549. The predicted molar refractivity (Wildman–Crippen MR) is 75.1 cm³/mol. The molecule has 7 nitrogen and oxygen atoms in total. The van der Waals surface area contributed by atoms with E-state index in [4.69, 9.17) is 10.1 Å². The summed E-state index contributed by atoms with van der Waals surface area (Å²) in [6.45, 7) is 1.82. The normalized spacial score (nSPS) is 14.0. The molecular weight excluding hydrogens is 369 g/mol. The molecular formula is C10H17F6N4O3P. The van der Waals surface area contributed by atoms with Crippen LogP contribution in [0.5, 0.6) is 0 Å². The topological polar surface area (TPSA) is 77.9 Å². The van der Waals surface area contributed by atoms with Gasteiger partial charge in [-0.1, -0.05) is 5.16 Å². The van der Waals surface area contributed by atoms with E-state index in [-0.39, 0.29) is 6.61 Å². The summed E-state index contributed by atoms with van der Waals surface area (Å²) in [7, 11) is -3.65. The summed E-state index contributed by atoms with van der Waals surface area (Å²) in [6.07, 6.45) is 0. The third-order valence-electron chi connectivity index (χ3n) is 1.56. The maximum atomic E-state index is 11.2. The number of carbonyl (C=O) groups is 1. The second kappa shape index (κ2) is 7.65. The Morgan fingerprint density at radius 2 is 1.62 bits per heavy atom.